The fourth-order valence-electron chi connectivity index (χ4n) is 5.28. The van der Waals surface area contributed by atoms with Crippen molar-refractivity contribution in [1.29, 1.82) is 0 Å². The molecule has 1 saturated carbocycles. The fourth-order valence-corrected chi connectivity index (χ4v) is 5.28. The lowest BCUT2D eigenvalue weighted by Crippen LogP contribution is -2.31. The summed E-state index contributed by atoms with van der Waals surface area (Å²) in [6.45, 7) is 3.96. The minimum absolute atomic E-state index is 0.0894. The van der Waals surface area contributed by atoms with Crippen LogP contribution in [-0.2, 0) is 17.8 Å². The Kier molecular flexibility index (Phi) is 6.12. The van der Waals surface area contributed by atoms with Crippen LogP contribution in [0.1, 0.15) is 48.5 Å². The number of methoxy groups -OCH3 is 1. The van der Waals surface area contributed by atoms with E-state index < -0.39 is 0 Å². The van der Waals surface area contributed by atoms with E-state index in [1.807, 2.05) is 17.8 Å². The van der Waals surface area contributed by atoms with Gasteiger partial charge in [-0.2, -0.15) is 10.1 Å². The Morgan fingerprint density at radius 2 is 1.97 bits per heavy atom. The molecule has 2 aromatic heterocycles. The molecule has 1 aromatic carbocycles. The molecule has 0 atom stereocenters. The largest absolute Gasteiger partial charge is 0.495 e. The monoisotopic (exact) mass is 463 g/mol. The molecule has 0 spiro atoms. The van der Waals surface area contributed by atoms with Crippen molar-refractivity contribution in [3.05, 3.63) is 35.2 Å². The first-order valence-corrected chi connectivity index (χ1v) is 12.1. The third-order valence-corrected chi connectivity index (χ3v) is 7.26. The molecule has 0 unspecified atom stereocenters. The Morgan fingerprint density at radius 3 is 2.71 bits per heavy atom. The maximum absolute atomic E-state index is 12.0. The molecule has 0 radical (unpaired) electrons. The van der Waals surface area contributed by atoms with Gasteiger partial charge < -0.3 is 20.3 Å². The number of likely N-dealkylation sites (N-methyl/N-ethyl adjacent to an activating group) is 1. The lowest BCUT2D eigenvalue weighted by Gasteiger charge is -2.27. The Labute approximate surface area is 199 Å². The van der Waals surface area contributed by atoms with Crippen molar-refractivity contribution in [2.24, 2.45) is 5.92 Å². The Bertz CT molecular complexity index is 1210. The molecule has 1 aliphatic heterocycles. The normalized spacial score (nSPS) is 20.7. The number of rotatable bonds is 5. The van der Waals surface area contributed by atoms with Crippen LogP contribution in [0.5, 0.6) is 5.75 Å². The number of nitrogens with one attached hydrogen (secondary N) is 2. The maximum Gasteiger partial charge on any atom is 0.229 e. The van der Waals surface area contributed by atoms with Gasteiger partial charge >= 0.3 is 0 Å². The molecule has 3 heterocycles. The van der Waals surface area contributed by atoms with Gasteiger partial charge in [-0.1, -0.05) is 0 Å². The third kappa shape index (κ3) is 4.20. The van der Waals surface area contributed by atoms with Crippen LogP contribution < -0.4 is 15.4 Å². The van der Waals surface area contributed by atoms with E-state index in [0.29, 0.717) is 5.95 Å². The predicted octanol–water partition coefficient (Wildman–Crippen LogP) is 3.35. The number of hydrogen-bond acceptors (Lipinski definition) is 7. The molecule has 1 aliphatic carbocycles. The summed E-state index contributed by atoms with van der Waals surface area (Å²) in [5.41, 5.74) is 5.24. The van der Waals surface area contributed by atoms with Crippen LogP contribution >= 0.6 is 0 Å². The highest BCUT2D eigenvalue weighted by Gasteiger charge is 2.28. The SMILES string of the molecule is CNC(=O)C1CCC(n2nc(C)c3cnc(Nc4cc5c(cc4OC)CCN(C)C5)nc32)CC1. The van der Waals surface area contributed by atoms with Crippen LogP contribution in [0.15, 0.2) is 18.3 Å². The summed E-state index contributed by atoms with van der Waals surface area (Å²) in [6.07, 6.45) is 6.41. The van der Waals surface area contributed by atoms with Gasteiger partial charge in [-0.3, -0.25) is 4.79 Å². The van der Waals surface area contributed by atoms with Crippen LogP contribution in [0, 0.1) is 12.8 Å². The number of carbonyl (C=O) groups is 1. The number of hydrogen-bond donors (Lipinski definition) is 2. The van der Waals surface area contributed by atoms with E-state index in [1.165, 1.54) is 11.1 Å². The molecule has 0 bridgehead atoms. The van der Waals surface area contributed by atoms with Crippen LogP contribution in [0.2, 0.25) is 0 Å². The van der Waals surface area contributed by atoms with Gasteiger partial charge in [0.25, 0.3) is 0 Å². The summed E-state index contributed by atoms with van der Waals surface area (Å²) in [5.74, 6) is 1.55. The molecule has 2 N–H and O–H groups in total. The number of fused-ring (bicyclic) bond motifs is 2. The molecule has 5 rings (SSSR count). The Morgan fingerprint density at radius 1 is 1.18 bits per heavy atom. The standard InChI is InChI=1S/C25H33N7O2/c1-15-20-13-27-25(28-21-11-18-14-31(3)10-9-17(18)12-22(21)34-4)29-23(20)32(30-15)19-7-5-16(6-8-19)24(33)26-2/h11-13,16,19H,5-10,14H2,1-4H3,(H,26,33)(H,27,28,29). The van der Waals surface area contributed by atoms with Crippen LogP contribution in [-0.4, -0.2) is 58.3 Å². The molecular formula is C25H33N7O2. The second kappa shape index (κ2) is 9.21. The summed E-state index contributed by atoms with van der Waals surface area (Å²) in [7, 11) is 5.54. The van der Waals surface area contributed by atoms with Crippen molar-refractivity contribution < 1.29 is 9.53 Å². The summed E-state index contributed by atoms with van der Waals surface area (Å²) in [4.78, 5) is 23.8. The first-order chi connectivity index (χ1) is 16.5. The zero-order valence-electron chi connectivity index (χ0n) is 20.4. The molecular weight excluding hydrogens is 430 g/mol. The maximum atomic E-state index is 12.0. The molecule has 34 heavy (non-hydrogen) atoms. The topological polar surface area (TPSA) is 97.2 Å². The number of ether oxygens (including phenoxy) is 1. The number of carbonyl (C=O) groups excluding carboxylic acids is 1. The lowest BCUT2D eigenvalue weighted by atomic mass is 9.85. The molecule has 1 amide bonds. The molecule has 1 fully saturated rings. The smallest absolute Gasteiger partial charge is 0.229 e. The molecule has 3 aromatic rings. The van der Waals surface area contributed by atoms with Gasteiger partial charge in [0.1, 0.15) is 5.75 Å². The van der Waals surface area contributed by atoms with Crippen molar-refractivity contribution in [2.75, 3.05) is 33.1 Å². The number of nitrogens with zero attached hydrogens (tertiary/aromatic N) is 5. The third-order valence-electron chi connectivity index (χ3n) is 7.26. The van der Waals surface area contributed by atoms with Gasteiger partial charge in [-0.05, 0) is 69.3 Å². The van der Waals surface area contributed by atoms with Gasteiger partial charge in [0.2, 0.25) is 11.9 Å². The highest BCUT2D eigenvalue weighted by molar-refractivity contribution is 5.80. The zero-order chi connectivity index (χ0) is 23.8. The lowest BCUT2D eigenvalue weighted by molar-refractivity contribution is -0.125. The first kappa shape index (κ1) is 22.6. The summed E-state index contributed by atoms with van der Waals surface area (Å²) in [6, 6.07) is 4.51. The second-order valence-corrected chi connectivity index (χ2v) is 9.51. The summed E-state index contributed by atoms with van der Waals surface area (Å²) >= 11 is 0. The number of anilines is 2. The molecule has 180 valence electrons. The number of benzene rings is 1. The van der Waals surface area contributed by atoms with Crippen molar-refractivity contribution in [1.82, 2.24) is 30.0 Å². The van der Waals surface area contributed by atoms with Gasteiger partial charge in [0, 0.05) is 32.3 Å². The molecule has 9 heteroatoms. The summed E-state index contributed by atoms with van der Waals surface area (Å²) in [5, 5.41) is 11.9. The van der Waals surface area contributed by atoms with E-state index in [2.05, 4.69) is 39.7 Å². The molecule has 0 saturated heterocycles. The summed E-state index contributed by atoms with van der Waals surface area (Å²) < 4.78 is 7.72. The van der Waals surface area contributed by atoms with Gasteiger partial charge in [-0.15, -0.1) is 0 Å². The van der Waals surface area contributed by atoms with Gasteiger partial charge in [-0.25, -0.2) is 9.67 Å². The minimum atomic E-state index is 0.0894. The average Bonchev–Trinajstić information content (AvgIpc) is 3.18. The van der Waals surface area contributed by atoms with E-state index in [0.717, 1.165) is 73.4 Å². The minimum Gasteiger partial charge on any atom is -0.495 e. The van der Waals surface area contributed by atoms with Crippen molar-refractivity contribution in [3.63, 3.8) is 0 Å². The zero-order valence-corrected chi connectivity index (χ0v) is 20.4. The highest BCUT2D eigenvalue weighted by Crippen LogP contribution is 2.36. The van der Waals surface area contributed by atoms with Crippen LogP contribution in [0.4, 0.5) is 11.6 Å². The Balaban J connectivity index is 1.43. The van der Waals surface area contributed by atoms with Gasteiger partial charge in [0.05, 0.1) is 29.9 Å². The molecule has 2 aliphatic rings. The van der Waals surface area contributed by atoms with E-state index in [9.17, 15) is 4.79 Å². The molecule has 9 nitrogen and oxygen atoms in total. The van der Waals surface area contributed by atoms with E-state index >= 15 is 0 Å². The van der Waals surface area contributed by atoms with Crippen LogP contribution in [0.3, 0.4) is 0 Å². The number of aryl methyl sites for hydroxylation is 1. The first-order valence-electron chi connectivity index (χ1n) is 12.1. The van der Waals surface area contributed by atoms with Crippen molar-refractivity contribution in [2.45, 2.75) is 51.6 Å². The van der Waals surface area contributed by atoms with Crippen LogP contribution in [0.25, 0.3) is 11.0 Å². The number of amides is 1. The van der Waals surface area contributed by atoms with E-state index in [4.69, 9.17) is 14.8 Å². The van der Waals surface area contributed by atoms with Crippen molar-refractivity contribution in [3.8, 4) is 5.75 Å². The Hall–Kier alpha value is -3.20. The average molecular weight is 464 g/mol. The quantitative estimate of drug-likeness (QED) is 0.599. The van der Waals surface area contributed by atoms with E-state index in [-0.39, 0.29) is 17.9 Å². The van der Waals surface area contributed by atoms with E-state index in [1.54, 1.807) is 14.2 Å². The second-order valence-electron chi connectivity index (χ2n) is 9.51. The fraction of sp³-hybridized carbons (Fsp3) is 0.520. The van der Waals surface area contributed by atoms with Gasteiger partial charge in [0.15, 0.2) is 5.65 Å². The van der Waals surface area contributed by atoms with Crippen molar-refractivity contribution >= 4 is 28.6 Å². The number of aromatic nitrogens is 4. The highest BCUT2D eigenvalue weighted by atomic mass is 16.5. The predicted molar refractivity (Wildman–Crippen MR) is 131 cm³/mol.